The van der Waals surface area contributed by atoms with E-state index in [-0.39, 0.29) is 17.9 Å². The Morgan fingerprint density at radius 3 is 2.74 bits per heavy atom. The summed E-state index contributed by atoms with van der Waals surface area (Å²) >= 11 is 0. The standard InChI is InChI=1S/C17H22N4O2/c1-13-9-15(18)21(20-13)10-16(22)19-11-17(7-8-17)12-23-14-5-3-2-4-6-14/h2-6,9H,7-8,10-12,18H2,1H3,(H,19,22). The molecule has 1 aromatic heterocycles. The van der Waals surface area contributed by atoms with Crippen LogP contribution in [0, 0.1) is 12.3 Å². The van der Waals surface area contributed by atoms with Crippen LogP contribution in [0.25, 0.3) is 0 Å². The van der Waals surface area contributed by atoms with Crippen molar-refractivity contribution in [1.82, 2.24) is 15.1 Å². The Balaban J connectivity index is 1.46. The molecule has 3 N–H and O–H groups in total. The average Bonchev–Trinajstić information content (AvgIpc) is 3.25. The third kappa shape index (κ3) is 4.03. The summed E-state index contributed by atoms with van der Waals surface area (Å²) in [4.78, 5) is 12.1. The van der Waals surface area contributed by atoms with Crippen molar-refractivity contribution in [1.29, 1.82) is 0 Å². The van der Waals surface area contributed by atoms with Gasteiger partial charge in [0.15, 0.2) is 0 Å². The first-order valence-corrected chi connectivity index (χ1v) is 7.81. The highest BCUT2D eigenvalue weighted by atomic mass is 16.5. The third-order valence-electron chi connectivity index (χ3n) is 4.13. The predicted octanol–water partition coefficient (Wildman–Crippen LogP) is 1.75. The van der Waals surface area contributed by atoms with Crippen LogP contribution in [0.4, 0.5) is 5.82 Å². The highest BCUT2D eigenvalue weighted by Gasteiger charge is 2.43. The Kier molecular flexibility index (Phi) is 4.23. The van der Waals surface area contributed by atoms with Crippen molar-refractivity contribution >= 4 is 11.7 Å². The van der Waals surface area contributed by atoms with Crippen LogP contribution in [0.2, 0.25) is 0 Å². The van der Waals surface area contributed by atoms with Gasteiger partial charge in [-0.25, -0.2) is 4.68 Å². The Labute approximate surface area is 135 Å². The zero-order valence-corrected chi connectivity index (χ0v) is 13.3. The van der Waals surface area contributed by atoms with Gasteiger partial charge in [0.05, 0.1) is 12.3 Å². The predicted molar refractivity (Wildman–Crippen MR) is 88.0 cm³/mol. The van der Waals surface area contributed by atoms with Gasteiger partial charge in [-0.15, -0.1) is 0 Å². The lowest BCUT2D eigenvalue weighted by Crippen LogP contribution is -2.35. The molecule has 1 heterocycles. The van der Waals surface area contributed by atoms with E-state index in [1.54, 1.807) is 6.07 Å². The van der Waals surface area contributed by atoms with Crippen LogP contribution in [0.3, 0.4) is 0 Å². The minimum atomic E-state index is -0.0780. The van der Waals surface area contributed by atoms with Gasteiger partial charge in [-0.3, -0.25) is 4.79 Å². The maximum Gasteiger partial charge on any atom is 0.241 e. The van der Waals surface area contributed by atoms with E-state index in [9.17, 15) is 4.79 Å². The number of hydrogen-bond donors (Lipinski definition) is 2. The van der Waals surface area contributed by atoms with Crippen LogP contribution < -0.4 is 15.8 Å². The zero-order valence-electron chi connectivity index (χ0n) is 13.3. The Hall–Kier alpha value is -2.50. The summed E-state index contributed by atoms with van der Waals surface area (Å²) in [5.74, 6) is 1.29. The fourth-order valence-corrected chi connectivity index (χ4v) is 2.47. The van der Waals surface area contributed by atoms with E-state index < -0.39 is 0 Å². The molecule has 0 spiro atoms. The van der Waals surface area contributed by atoms with Gasteiger partial charge in [-0.2, -0.15) is 5.10 Å². The van der Waals surface area contributed by atoms with Gasteiger partial charge in [0.25, 0.3) is 0 Å². The van der Waals surface area contributed by atoms with E-state index in [1.165, 1.54) is 4.68 Å². The highest BCUT2D eigenvalue weighted by molar-refractivity contribution is 5.76. The van der Waals surface area contributed by atoms with Crippen LogP contribution >= 0.6 is 0 Å². The summed E-state index contributed by atoms with van der Waals surface area (Å²) in [6, 6.07) is 11.5. The maximum absolute atomic E-state index is 12.1. The Morgan fingerprint density at radius 1 is 1.39 bits per heavy atom. The number of nitrogens with one attached hydrogen (secondary N) is 1. The topological polar surface area (TPSA) is 82.2 Å². The molecule has 122 valence electrons. The minimum Gasteiger partial charge on any atom is -0.493 e. The number of rotatable bonds is 7. The van der Waals surface area contributed by atoms with Gasteiger partial charge in [-0.05, 0) is 31.9 Å². The van der Waals surface area contributed by atoms with Gasteiger partial charge in [0.2, 0.25) is 5.91 Å². The summed E-state index contributed by atoms with van der Waals surface area (Å²) in [5.41, 5.74) is 6.67. The van der Waals surface area contributed by atoms with Crippen molar-refractivity contribution in [2.24, 2.45) is 5.41 Å². The van der Waals surface area contributed by atoms with E-state index in [2.05, 4.69) is 10.4 Å². The van der Waals surface area contributed by atoms with Gasteiger partial charge >= 0.3 is 0 Å². The first-order chi connectivity index (χ1) is 11.1. The molecule has 3 rings (SSSR count). The highest BCUT2D eigenvalue weighted by Crippen LogP contribution is 2.45. The number of amides is 1. The summed E-state index contributed by atoms with van der Waals surface area (Å²) in [6.45, 7) is 3.25. The molecule has 0 radical (unpaired) electrons. The lowest BCUT2D eigenvalue weighted by Gasteiger charge is -2.17. The zero-order chi connectivity index (χ0) is 16.3. The number of nitrogens with two attached hydrogens (primary N) is 1. The molecular formula is C17H22N4O2. The summed E-state index contributed by atoms with van der Waals surface area (Å²) in [7, 11) is 0. The van der Waals surface area contributed by atoms with Crippen LogP contribution in [-0.4, -0.2) is 28.8 Å². The van der Waals surface area contributed by atoms with Gasteiger partial charge in [-0.1, -0.05) is 18.2 Å². The second kappa shape index (κ2) is 6.32. The normalized spacial score (nSPS) is 15.2. The van der Waals surface area contributed by atoms with Crippen LogP contribution in [0.15, 0.2) is 36.4 Å². The second-order valence-corrected chi connectivity index (χ2v) is 6.25. The summed E-state index contributed by atoms with van der Waals surface area (Å²) < 4.78 is 7.34. The number of carbonyl (C=O) groups is 1. The molecule has 1 aliphatic rings. The summed E-state index contributed by atoms with van der Waals surface area (Å²) in [5, 5.41) is 7.16. The number of nitrogens with zero attached hydrogens (tertiary/aromatic N) is 2. The molecule has 1 aromatic carbocycles. The van der Waals surface area contributed by atoms with E-state index >= 15 is 0 Å². The van der Waals surface area contributed by atoms with E-state index in [1.807, 2.05) is 37.3 Å². The van der Waals surface area contributed by atoms with Crippen molar-refractivity contribution in [3.8, 4) is 5.75 Å². The van der Waals surface area contributed by atoms with Crippen LogP contribution in [-0.2, 0) is 11.3 Å². The molecular weight excluding hydrogens is 292 g/mol. The van der Waals surface area contributed by atoms with E-state index in [4.69, 9.17) is 10.5 Å². The molecule has 6 nitrogen and oxygen atoms in total. The van der Waals surface area contributed by atoms with Crippen LogP contribution in [0.1, 0.15) is 18.5 Å². The van der Waals surface area contributed by atoms with Crippen molar-refractivity contribution < 1.29 is 9.53 Å². The van der Waals surface area contributed by atoms with E-state index in [0.29, 0.717) is 19.0 Å². The number of carbonyl (C=O) groups excluding carboxylic acids is 1. The first-order valence-electron chi connectivity index (χ1n) is 7.81. The molecule has 0 saturated heterocycles. The monoisotopic (exact) mass is 314 g/mol. The molecule has 1 amide bonds. The second-order valence-electron chi connectivity index (χ2n) is 6.25. The third-order valence-corrected chi connectivity index (χ3v) is 4.13. The van der Waals surface area contributed by atoms with Gasteiger partial charge in [0, 0.05) is 18.0 Å². The lowest BCUT2D eigenvalue weighted by atomic mass is 10.1. The largest absolute Gasteiger partial charge is 0.493 e. The molecule has 23 heavy (non-hydrogen) atoms. The molecule has 1 saturated carbocycles. The molecule has 0 bridgehead atoms. The van der Waals surface area contributed by atoms with Gasteiger partial charge < -0.3 is 15.8 Å². The van der Waals surface area contributed by atoms with Gasteiger partial charge in [0.1, 0.15) is 18.1 Å². The smallest absolute Gasteiger partial charge is 0.241 e. The van der Waals surface area contributed by atoms with Crippen molar-refractivity contribution in [2.45, 2.75) is 26.3 Å². The number of aryl methyl sites for hydroxylation is 1. The fourth-order valence-electron chi connectivity index (χ4n) is 2.47. The number of aromatic nitrogens is 2. The lowest BCUT2D eigenvalue weighted by molar-refractivity contribution is -0.122. The number of para-hydroxylation sites is 1. The Bertz CT molecular complexity index is 677. The van der Waals surface area contributed by atoms with E-state index in [0.717, 1.165) is 24.3 Å². The van der Waals surface area contributed by atoms with Crippen LogP contribution in [0.5, 0.6) is 5.75 Å². The number of hydrogen-bond acceptors (Lipinski definition) is 4. The Morgan fingerprint density at radius 2 is 2.13 bits per heavy atom. The minimum absolute atomic E-state index is 0.0665. The number of benzene rings is 1. The van der Waals surface area contributed by atoms with Crippen molar-refractivity contribution in [2.75, 3.05) is 18.9 Å². The van der Waals surface area contributed by atoms with Crippen molar-refractivity contribution in [3.05, 3.63) is 42.1 Å². The molecule has 0 atom stereocenters. The molecule has 6 heteroatoms. The average molecular weight is 314 g/mol. The SMILES string of the molecule is Cc1cc(N)n(CC(=O)NCC2(COc3ccccc3)CC2)n1. The molecule has 1 fully saturated rings. The molecule has 2 aromatic rings. The fraction of sp³-hybridized carbons (Fsp3) is 0.412. The summed E-state index contributed by atoms with van der Waals surface area (Å²) in [6.07, 6.45) is 2.15. The molecule has 1 aliphatic carbocycles. The molecule has 0 aliphatic heterocycles. The maximum atomic E-state index is 12.1. The first kappa shape index (κ1) is 15.4. The van der Waals surface area contributed by atoms with Crippen molar-refractivity contribution in [3.63, 3.8) is 0 Å². The number of anilines is 1. The number of ether oxygens (including phenoxy) is 1. The molecule has 0 unspecified atom stereocenters. The quantitative estimate of drug-likeness (QED) is 0.815. The number of nitrogen functional groups attached to an aromatic ring is 1.